The maximum absolute atomic E-state index is 12.5. The number of benzene rings is 1. The maximum atomic E-state index is 12.5. The topological polar surface area (TPSA) is 66.5 Å². The van der Waals surface area contributed by atoms with Gasteiger partial charge in [0, 0.05) is 6.04 Å². The van der Waals surface area contributed by atoms with E-state index in [9.17, 15) is 13.2 Å². The van der Waals surface area contributed by atoms with E-state index in [1.54, 1.807) is 12.1 Å². The molecule has 0 aliphatic heterocycles. The highest BCUT2D eigenvalue weighted by molar-refractivity contribution is 7.92. The van der Waals surface area contributed by atoms with Gasteiger partial charge in [-0.25, -0.2) is 8.42 Å². The number of para-hydroxylation sites is 1. The largest absolute Gasteiger partial charge is 0.352 e. The fraction of sp³-hybridized carbons (Fsp3) is 0.632. The zero-order valence-corrected chi connectivity index (χ0v) is 16.1. The molecule has 1 amide bonds. The minimum Gasteiger partial charge on any atom is -0.352 e. The van der Waals surface area contributed by atoms with E-state index in [0.29, 0.717) is 11.6 Å². The molecule has 4 atom stereocenters. The zero-order valence-electron chi connectivity index (χ0n) is 15.2. The van der Waals surface area contributed by atoms with E-state index in [0.717, 1.165) is 23.7 Å². The molecule has 1 aromatic rings. The molecule has 1 aromatic carbocycles. The molecular weight excluding hydrogens is 336 g/mol. The molecule has 0 spiro atoms. The van der Waals surface area contributed by atoms with E-state index in [2.05, 4.69) is 12.2 Å². The number of amides is 1. The monoisotopic (exact) mass is 364 g/mol. The standard InChI is InChI=1S/C19H28N2O3S/c1-13-6-4-5-7-18(13)21(25(3,23)24)12-19(22)20-14(2)17-11-15-8-9-16(17)10-15/h4-7,14-17H,8-12H2,1-3H3,(H,20,22)/t14-,15+,16+,17-/m1/s1. The maximum Gasteiger partial charge on any atom is 0.240 e. The van der Waals surface area contributed by atoms with Gasteiger partial charge in [0.25, 0.3) is 0 Å². The van der Waals surface area contributed by atoms with Gasteiger partial charge in [-0.3, -0.25) is 9.10 Å². The van der Waals surface area contributed by atoms with Crippen molar-refractivity contribution in [3.63, 3.8) is 0 Å². The molecule has 0 unspecified atom stereocenters. The molecule has 3 rings (SSSR count). The highest BCUT2D eigenvalue weighted by Gasteiger charge is 2.42. The summed E-state index contributed by atoms with van der Waals surface area (Å²) in [5, 5.41) is 3.05. The van der Waals surface area contributed by atoms with Crippen molar-refractivity contribution in [2.45, 2.75) is 45.6 Å². The van der Waals surface area contributed by atoms with Gasteiger partial charge in [0.1, 0.15) is 6.54 Å². The first-order chi connectivity index (χ1) is 11.8. The lowest BCUT2D eigenvalue weighted by atomic mass is 9.84. The van der Waals surface area contributed by atoms with Crippen LogP contribution in [0.15, 0.2) is 24.3 Å². The summed E-state index contributed by atoms with van der Waals surface area (Å²) in [6.07, 6.45) is 6.24. The van der Waals surface area contributed by atoms with Crippen LogP contribution < -0.4 is 9.62 Å². The summed E-state index contributed by atoms with van der Waals surface area (Å²) >= 11 is 0. The van der Waals surface area contributed by atoms with Crippen molar-refractivity contribution in [3.05, 3.63) is 29.8 Å². The number of fused-ring (bicyclic) bond motifs is 2. The SMILES string of the molecule is Cc1ccccc1N(CC(=O)N[C@H](C)[C@H]1C[C@H]2CC[C@H]1C2)S(C)(=O)=O. The van der Waals surface area contributed by atoms with Gasteiger partial charge in [0.05, 0.1) is 11.9 Å². The first-order valence-corrected chi connectivity index (χ1v) is 10.9. The van der Waals surface area contributed by atoms with Crippen LogP contribution in [0.1, 0.15) is 38.2 Å². The quantitative estimate of drug-likeness (QED) is 0.844. The molecule has 2 aliphatic carbocycles. The summed E-state index contributed by atoms with van der Waals surface area (Å²) in [6.45, 7) is 3.74. The second-order valence-corrected chi connectivity index (χ2v) is 9.66. The molecule has 2 saturated carbocycles. The van der Waals surface area contributed by atoms with Crippen molar-refractivity contribution in [1.29, 1.82) is 0 Å². The fourth-order valence-electron chi connectivity index (χ4n) is 4.67. The minimum absolute atomic E-state index is 0.0982. The number of rotatable bonds is 6. The van der Waals surface area contributed by atoms with Crippen LogP contribution in [-0.4, -0.2) is 33.2 Å². The molecule has 1 N–H and O–H groups in total. The molecule has 0 saturated heterocycles. The Labute approximate surface area is 150 Å². The van der Waals surface area contributed by atoms with Crippen LogP contribution >= 0.6 is 0 Å². The van der Waals surface area contributed by atoms with Gasteiger partial charge >= 0.3 is 0 Å². The third-order valence-electron chi connectivity index (χ3n) is 5.90. The Bertz CT molecular complexity index is 747. The van der Waals surface area contributed by atoms with Crippen molar-refractivity contribution in [2.24, 2.45) is 17.8 Å². The molecule has 2 bridgehead atoms. The van der Waals surface area contributed by atoms with E-state index in [1.165, 1.54) is 30.0 Å². The van der Waals surface area contributed by atoms with Crippen LogP contribution in [0.5, 0.6) is 0 Å². The van der Waals surface area contributed by atoms with Crippen LogP contribution in [0.2, 0.25) is 0 Å². The number of hydrogen-bond acceptors (Lipinski definition) is 3. The summed E-state index contributed by atoms with van der Waals surface area (Å²) in [7, 11) is -3.53. The van der Waals surface area contributed by atoms with E-state index in [-0.39, 0.29) is 18.5 Å². The fourth-order valence-corrected chi connectivity index (χ4v) is 5.58. The van der Waals surface area contributed by atoms with Gasteiger partial charge in [-0.15, -0.1) is 0 Å². The predicted octanol–water partition coefficient (Wildman–Crippen LogP) is 2.70. The van der Waals surface area contributed by atoms with E-state index >= 15 is 0 Å². The van der Waals surface area contributed by atoms with Crippen molar-refractivity contribution >= 4 is 21.6 Å². The smallest absolute Gasteiger partial charge is 0.240 e. The number of nitrogens with one attached hydrogen (secondary N) is 1. The zero-order chi connectivity index (χ0) is 18.2. The third kappa shape index (κ3) is 4.00. The molecule has 0 radical (unpaired) electrons. The molecule has 0 aromatic heterocycles. The Hall–Kier alpha value is -1.56. The lowest BCUT2D eigenvalue weighted by Gasteiger charge is -2.30. The average molecular weight is 365 g/mol. The Morgan fingerprint density at radius 1 is 1.28 bits per heavy atom. The van der Waals surface area contributed by atoms with Crippen LogP contribution in [-0.2, 0) is 14.8 Å². The molecule has 25 heavy (non-hydrogen) atoms. The number of nitrogens with zero attached hydrogens (tertiary/aromatic N) is 1. The van der Waals surface area contributed by atoms with Crippen molar-refractivity contribution < 1.29 is 13.2 Å². The van der Waals surface area contributed by atoms with Crippen LogP contribution in [0.3, 0.4) is 0 Å². The summed E-state index contributed by atoms with van der Waals surface area (Å²) < 4.78 is 25.6. The number of carbonyl (C=O) groups is 1. The van der Waals surface area contributed by atoms with Gasteiger partial charge in [-0.1, -0.05) is 24.6 Å². The first-order valence-electron chi connectivity index (χ1n) is 9.08. The van der Waals surface area contributed by atoms with Crippen LogP contribution in [0.25, 0.3) is 0 Å². The van der Waals surface area contributed by atoms with Crippen LogP contribution in [0.4, 0.5) is 5.69 Å². The van der Waals surface area contributed by atoms with E-state index in [1.807, 2.05) is 19.1 Å². The van der Waals surface area contributed by atoms with Crippen molar-refractivity contribution in [1.82, 2.24) is 5.32 Å². The number of aryl methyl sites for hydroxylation is 1. The average Bonchev–Trinajstić information content (AvgIpc) is 3.15. The molecule has 5 nitrogen and oxygen atoms in total. The summed E-state index contributed by atoms with van der Waals surface area (Å²) in [5.41, 5.74) is 1.40. The van der Waals surface area contributed by atoms with Crippen molar-refractivity contribution in [3.8, 4) is 0 Å². The highest BCUT2D eigenvalue weighted by atomic mass is 32.2. The summed E-state index contributed by atoms with van der Waals surface area (Å²) in [6, 6.07) is 7.33. The third-order valence-corrected chi connectivity index (χ3v) is 7.02. The highest BCUT2D eigenvalue weighted by Crippen LogP contribution is 2.49. The number of sulfonamides is 1. The molecule has 2 aliphatic rings. The Balaban J connectivity index is 1.68. The molecule has 6 heteroatoms. The first kappa shape index (κ1) is 18.2. The van der Waals surface area contributed by atoms with E-state index < -0.39 is 10.0 Å². The molecule has 138 valence electrons. The van der Waals surface area contributed by atoms with E-state index in [4.69, 9.17) is 0 Å². The molecular formula is C19H28N2O3S. The second kappa shape index (κ2) is 6.98. The summed E-state index contributed by atoms with van der Waals surface area (Å²) in [5.74, 6) is 1.85. The van der Waals surface area contributed by atoms with Gasteiger partial charge in [0.2, 0.25) is 15.9 Å². The van der Waals surface area contributed by atoms with Gasteiger partial charge in [-0.2, -0.15) is 0 Å². The van der Waals surface area contributed by atoms with Gasteiger partial charge < -0.3 is 5.32 Å². The lowest BCUT2D eigenvalue weighted by molar-refractivity contribution is -0.120. The molecule has 2 fully saturated rings. The Morgan fingerprint density at radius 3 is 2.56 bits per heavy atom. The molecule has 0 heterocycles. The van der Waals surface area contributed by atoms with Gasteiger partial charge in [0.15, 0.2) is 0 Å². The van der Waals surface area contributed by atoms with Crippen molar-refractivity contribution in [2.75, 3.05) is 17.1 Å². The predicted molar refractivity (Wildman–Crippen MR) is 99.9 cm³/mol. The normalized spacial score (nSPS) is 26.4. The number of anilines is 1. The minimum atomic E-state index is -3.53. The number of carbonyl (C=O) groups excluding carboxylic acids is 1. The van der Waals surface area contributed by atoms with Gasteiger partial charge in [-0.05, 0) is 62.5 Å². The second-order valence-electron chi connectivity index (χ2n) is 7.75. The lowest BCUT2D eigenvalue weighted by Crippen LogP contribution is -2.46. The van der Waals surface area contributed by atoms with Crippen LogP contribution in [0, 0.1) is 24.7 Å². The Morgan fingerprint density at radius 2 is 2.00 bits per heavy atom. The Kier molecular flexibility index (Phi) is 5.09. The summed E-state index contributed by atoms with van der Waals surface area (Å²) in [4.78, 5) is 12.5. The number of hydrogen-bond donors (Lipinski definition) is 1.